The molecule has 0 spiro atoms. The molecule has 0 aromatic heterocycles. The highest BCUT2D eigenvalue weighted by molar-refractivity contribution is 7.89. The Labute approximate surface area is 185 Å². The van der Waals surface area contributed by atoms with Crippen molar-refractivity contribution in [3.8, 4) is 5.75 Å². The molecule has 1 N–H and O–H groups in total. The van der Waals surface area contributed by atoms with Gasteiger partial charge >= 0.3 is 5.97 Å². The molecule has 1 aliphatic heterocycles. The number of hydrogen-bond acceptors (Lipinski definition) is 7. The molecule has 0 unspecified atom stereocenters. The summed E-state index contributed by atoms with van der Waals surface area (Å²) in [6.45, 7) is 1.85. The van der Waals surface area contributed by atoms with Crippen LogP contribution >= 0.6 is 0 Å². The van der Waals surface area contributed by atoms with Crippen molar-refractivity contribution in [1.82, 2.24) is 4.31 Å². The zero-order valence-corrected chi connectivity index (χ0v) is 18.4. The highest BCUT2D eigenvalue weighted by Gasteiger charge is 2.30. The Balaban J connectivity index is 1.70. The third-order valence-corrected chi connectivity index (χ3v) is 6.70. The number of methoxy groups -OCH3 is 1. The first-order valence-corrected chi connectivity index (χ1v) is 11.2. The second kappa shape index (κ2) is 10.1. The third kappa shape index (κ3) is 5.42. The van der Waals surface area contributed by atoms with Crippen LogP contribution in [-0.4, -0.2) is 64.6 Å². The van der Waals surface area contributed by atoms with Crippen molar-refractivity contribution < 1.29 is 36.6 Å². The van der Waals surface area contributed by atoms with Crippen LogP contribution in [0.3, 0.4) is 0 Å². The highest BCUT2D eigenvalue weighted by atomic mass is 32.2. The lowest BCUT2D eigenvalue weighted by atomic mass is 10.2. The van der Waals surface area contributed by atoms with Crippen LogP contribution in [0.2, 0.25) is 0 Å². The standard InChI is InChI=1S/C21H23FN2O7S/c1-14-3-5-16(12-17(14)22)23-20(25)13-31-21(26)15-4-6-18(29-2)19(11-15)32(27,28)24-7-9-30-10-8-24/h3-6,11-12H,7-10,13H2,1-2H3,(H,23,25). The second-order valence-electron chi connectivity index (χ2n) is 6.97. The summed E-state index contributed by atoms with van der Waals surface area (Å²) in [6, 6.07) is 8.02. The summed E-state index contributed by atoms with van der Waals surface area (Å²) in [7, 11) is -2.61. The summed E-state index contributed by atoms with van der Waals surface area (Å²) in [5.41, 5.74) is 0.584. The number of amides is 1. The van der Waals surface area contributed by atoms with Gasteiger partial charge in [-0.1, -0.05) is 6.07 Å². The number of rotatable bonds is 7. The molecule has 2 aromatic carbocycles. The third-order valence-electron chi connectivity index (χ3n) is 4.78. The molecule has 32 heavy (non-hydrogen) atoms. The maximum atomic E-state index is 13.6. The van der Waals surface area contributed by atoms with Gasteiger partial charge in [-0.05, 0) is 42.8 Å². The van der Waals surface area contributed by atoms with Gasteiger partial charge in [0.1, 0.15) is 16.5 Å². The predicted octanol–water partition coefficient (Wildman–Crippen LogP) is 1.96. The van der Waals surface area contributed by atoms with Crippen LogP contribution in [0.15, 0.2) is 41.3 Å². The molecule has 1 saturated heterocycles. The molecular formula is C21H23FN2O7S. The van der Waals surface area contributed by atoms with Gasteiger partial charge in [0.15, 0.2) is 6.61 Å². The molecule has 0 saturated carbocycles. The zero-order chi connectivity index (χ0) is 23.3. The lowest BCUT2D eigenvalue weighted by Crippen LogP contribution is -2.40. The number of aryl methyl sites for hydroxylation is 1. The quantitative estimate of drug-likeness (QED) is 0.621. The smallest absolute Gasteiger partial charge is 0.338 e. The first-order valence-electron chi connectivity index (χ1n) is 9.71. The van der Waals surface area contributed by atoms with Crippen LogP contribution < -0.4 is 10.1 Å². The van der Waals surface area contributed by atoms with Gasteiger partial charge in [0.25, 0.3) is 5.91 Å². The summed E-state index contributed by atoms with van der Waals surface area (Å²) in [6.07, 6.45) is 0. The van der Waals surface area contributed by atoms with Crippen molar-refractivity contribution >= 4 is 27.6 Å². The van der Waals surface area contributed by atoms with Crippen LogP contribution in [0.1, 0.15) is 15.9 Å². The molecule has 0 aliphatic carbocycles. The fourth-order valence-electron chi connectivity index (χ4n) is 3.01. The fraction of sp³-hybridized carbons (Fsp3) is 0.333. The molecule has 0 bridgehead atoms. The molecular weight excluding hydrogens is 443 g/mol. The largest absolute Gasteiger partial charge is 0.495 e. The van der Waals surface area contributed by atoms with E-state index in [2.05, 4.69) is 5.32 Å². The average molecular weight is 466 g/mol. The van der Waals surface area contributed by atoms with Gasteiger partial charge in [0, 0.05) is 18.8 Å². The maximum Gasteiger partial charge on any atom is 0.338 e. The number of esters is 1. The maximum absolute atomic E-state index is 13.6. The van der Waals surface area contributed by atoms with E-state index < -0.39 is 34.3 Å². The number of morpholine rings is 1. The summed E-state index contributed by atoms with van der Waals surface area (Å²) in [4.78, 5) is 24.3. The van der Waals surface area contributed by atoms with Gasteiger partial charge in [0.05, 0.1) is 25.9 Å². The van der Waals surface area contributed by atoms with E-state index in [1.165, 1.54) is 35.7 Å². The van der Waals surface area contributed by atoms with E-state index in [-0.39, 0.29) is 48.2 Å². The van der Waals surface area contributed by atoms with Crippen molar-refractivity contribution in [2.45, 2.75) is 11.8 Å². The Morgan fingerprint density at radius 2 is 1.88 bits per heavy atom. The van der Waals surface area contributed by atoms with Crippen molar-refractivity contribution in [3.05, 3.63) is 53.3 Å². The Morgan fingerprint density at radius 3 is 2.53 bits per heavy atom. The van der Waals surface area contributed by atoms with Crippen molar-refractivity contribution in [2.75, 3.05) is 45.3 Å². The molecule has 1 heterocycles. The first-order chi connectivity index (χ1) is 15.2. The second-order valence-corrected chi connectivity index (χ2v) is 8.88. The Hall–Kier alpha value is -3.02. The van der Waals surface area contributed by atoms with E-state index in [1.54, 1.807) is 6.92 Å². The number of nitrogens with one attached hydrogen (secondary N) is 1. The number of ether oxygens (including phenoxy) is 3. The first kappa shape index (κ1) is 23.6. The molecule has 1 amide bonds. The van der Waals surface area contributed by atoms with E-state index in [1.807, 2.05) is 0 Å². The minimum Gasteiger partial charge on any atom is -0.495 e. The molecule has 0 atom stereocenters. The number of benzene rings is 2. The van der Waals surface area contributed by atoms with E-state index in [0.717, 1.165) is 12.1 Å². The number of halogens is 1. The minimum absolute atomic E-state index is 0.0631. The monoisotopic (exact) mass is 466 g/mol. The number of nitrogens with zero attached hydrogens (tertiary/aromatic N) is 1. The van der Waals surface area contributed by atoms with E-state index in [0.29, 0.717) is 5.56 Å². The van der Waals surface area contributed by atoms with Crippen molar-refractivity contribution in [2.24, 2.45) is 0 Å². The number of hydrogen-bond donors (Lipinski definition) is 1. The van der Waals surface area contributed by atoms with Crippen LogP contribution in [-0.2, 0) is 24.3 Å². The lowest BCUT2D eigenvalue weighted by molar-refractivity contribution is -0.119. The van der Waals surface area contributed by atoms with Gasteiger partial charge in [-0.3, -0.25) is 4.79 Å². The number of anilines is 1. The van der Waals surface area contributed by atoms with Crippen molar-refractivity contribution in [3.63, 3.8) is 0 Å². The van der Waals surface area contributed by atoms with Gasteiger partial charge in [-0.25, -0.2) is 17.6 Å². The Morgan fingerprint density at radius 1 is 1.16 bits per heavy atom. The van der Waals surface area contributed by atoms with Crippen LogP contribution in [0.4, 0.5) is 10.1 Å². The lowest BCUT2D eigenvalue weighted by Gasteiger charge is -2.26. The Kier molecular flexibility index (Phi) is 7.44. The van der Waals surface area contributed by atoms with E-state index in [9.17, 15) is 22.4 Å². The van der Waals surface area contributed by atoms with Crippen LogP contribution in [0.5, 0.6) is 5.75 Å². The molecule has 2 aromatic rings. The summed E-state index contributed by atoms with van der Waals surface area (Å²) in [5.74, 6) is -1.97. The topological polar surface area (TPSA) is 111 Å². The van der Waals surface area contributed by atoms with Crippen molar-refractivity contribution in [1.29, 1.82) is 0 Å². The summed E-state index contributed by atoms with van der Waals surface area (Å²) >= 11 is 0. The number of carbonyl (C=O) groups is 2. The highest BCUT2D eigenvalue weighted by Crippen LogP contribution is 2.28. The minimum atomic E-state index is -3.93. The summed E-state index contributed by atoms with van der Waals surface area (Å²) < 4.78 is 56.2. The number of sulfonamides is 1. The van der Waals surface area contributed by atoms with E-state index in [4.69, 9.17) is 14.2 Å². The molecule has 9 nitrogen and oxygen atoms in total. The molecule has 3 rings (SSSR count). The average Bonchev–Trinajstić information content (AvgIpc) is 2.80. The zero-order valence-electron chi connectivity index (χ0n) is 17.6. The Bertz CT molecular complexity index is 1120. The molecule has 0 radical (unpaired) electrons. The SMILES string of the molecule is COc1ccc(C(=O)OCC(=O)Nc2ccc(C)c(F)c2)cc1S(=O)(=O)N1CCOCC1. The van der Waals surface area contributed by atoms with Gasteiger partial charge in [-0.2, -0.15) is 4.31 Å². The van der Waals surface area contributed by atoms with Crippen LogP contribution in [0, 0.1) is 12.7 Å². The van der Waals surface area contributed by atoms with Gasteiger partial charge in [-0.15, -0.1) is 0 Å². The summed E-state index contributed by atoms with van der Waals surface area (Å²) in [5, 5.41) is 2.42. The molecule has 1 fully saturated rings. The molecule has 172 valence electrons. The van der Waals surface area contributed by atoms with E-state index >= 15 is 0 Å². The fourth-order valence-corrected chi connectivity index (χ4v) is 4.60. The van der Waals surface area contributed by atoms with Crippen LogP contribution in [0.25, 0.3) is 0 Å². The number of carbonyl (C=O) groups excluding carboxylic acids is 2. The van der Waals surface area contributed by atoms with Gasteiger partial charge in [0.2, 0.25) is 10.0 Å². The van der Waals surface area contributed by atoms with Gasteiger partial charge < -0.3 is 19.5 Å². The normalized spacial score (nSPS) is 14.6. The predicted molar refractivity (Wildman–Crippen MR) is 113 cm³/mol. The molecule has 11 heteroatoms. The molecule has 1 aliphatic rings.